The summed E-state index contributed by atoms with van der Waals surface area (Å²) in [5.41, 5.74) is -0.875. The number of carbonyl (C=O) groups is 1. The molecule has 5 heteroatoms. The van der Waals surface area contributed by atoms with Gasteiger partial charge in [0, 0.05) is 6.54 Å². The van der Waals surface area contributed by atoms with E-state index in [1.807, 2.05) is 6.92 Å². The molecular formula is C12H18FN3O. The first kappa shape index (κ1) is 12.2. The van der Waals surface area contributed by atoms with Gasteiger partial charge in [-0.05, 0) is 39.5 Å². The Morgan fingerprint density at radius 2 is 2.24 bits per heavy atom. The van der Waals surface area contributed by atoms with Gasteiger partial charge in [0.2, 0.25) is 5.67 Å². The number of hydrogen-bond donors (Lipinski definition) is 0. The number of hydrogen-bond acceptors (Lipinski definition) is 3. The summed E-state index contributed by atoms with van der Waals surface area (Å²) < 4.78 is 16.5. The lowest BCUT2D eigenvalue weighted by Gasteiger charge is -2.23. The van der Waals surface area contributed by atoms with Crippen molar-refractivity contribution in [3.8, 4) is 0 Å². The number of rotatable bonds is 2. The smallest absolute Gasteiger partial charge is 0.213 e. The summed E-state index contributed by atoms with van der Waals surface area (Å²) in [7, 11) is 0. The second-order valence-corrected chi connectivity index (χ2v) is 4.62. The molecule has 1 aliphatic rings. The Bertz CT molecular complexity index is 429. The van der Waals surface area contributed by atoms with Crippen molar-refractivity contribution in [1.82, 2.24) is 15.0 Å². The molecule has 1 aromatic heterocycles. The molecule has 1 heterocycles. The number of alkyl halides is 1. The molecule has 1 aliphatic carbocycles. The third kappa shape index (κ3) is 1.98. The van der Waals surface area contributed by atoms with E-state index in [2.05, 4.69) is 10.3 Å². The number of ketones is 1. The summed E-state index contributed by atoms with van der Waals surface area (Å²) >= 11 is 0. The Balaban J connectivity index is 2.51. The Labute approximate surface area is 100 Å². The molecule has 0 saturated carbocycles. The molecule has 94 valence electrons. The van der Waals surface area contributed by atoms with Crippen LogP contribution in [0.2, 0.25) is 0 Å². The van der Waals surface area contributed by atoms with Crippen LogP contribution in [0.3, 0.4) is 0 Å². The Morgan fingerprint density at radius 3 is 2.88 bits per heavy atom. The zero-order valence-electron chi connectivity index (χ0n) is 10.4. The molecule has 0 aromatic carbocycles. The molecule has 0 fully saturated rings. The van der Waals surface area contributed by atoms with E-state index in [4.69, 9.17) is 0 Å². The average molecular weight is 239 g/mol. The van der Waals surface area contributed by atoms with Gasteiger partial charge in [-0.2, -0.15) is 0 Å². The molecule has 0 radical (unpaired) electrons. The van der Waals surface area contributed by atoms with Crippen molar-refractivity contribution in [2.24, 2.45) is 0 Å². The summed E-state index contributed by atoms with van der Waals surface area (Å²) in [5, 5.41) is 7.87. The largest absolute Gasteiger partial charge is 0.296 e. The second kappa shape index (κ2) is 4.55. The summed E-state index contributed by atoms with van der Waals surface area (Å²) in [5.74, 6) is -0.455. The van der Waals surface area contributed by atoms with Crippen LogP contribution in [-0.4, -0.2) is 20.8 Å². The van der Waals surface area contributed by atoms with Crippen LogP contribution in [0.15, 0.2) is 0 Å². The van der Waals surface area contributed by atoms with Gasteiger partial charge in [-0.3, -0.25) is 4.79 Å². The Kier molecular flexibility index (Phi) is 3.26. The average Bonchev–Trinajstić information content (AvgIpc) is 2.68. The highest BCUT2D eigenvalue weighted by atomic mass is 19.1. The summed E-state index contributed by atoms with van der Waals surface area (Å²) in [6.45, 7) is 3.91. The number of Topliss-reactive ketones (excluding diaryl/α,β-unsaturated/α-hetero) is 1. The molecule has 17 heavy (non-hydrogen) atoms. The zero-order chi connectivity index (χ0) is 12.5. The number of aromatic nitrogens is 3. The molecule has 1 aromatic rings. The third-order valence-electron chi connectivity index (χ3n) is 3.51. The van der Waals surface area contributed by atoms with Crippen LogP contribution in [0.1, 0.15) is 50.9 Å². The monoisotopic (exact) mass is 239 g/mol. The third-order valence-corrected chi connectivity index (χ3v) is 3.51. The van der Waals surface area contributed by atoms with Crippen molar-refractivity contribution >= 4 is 5.78 Å². The minimum absolute atomic E-state index is 0.234. The zero-order valence-corrected chi connectivity index (χ0v) is 10.4. The Morgan fingerprint density at radius 1 is 1.47 bits per heavy atom. The molecule has 2 rings (SSSR count). The standard InChI is InChI=1S/C12H18FN3O/c1-3-16-10-7-5-4-6-8-12(13,9(2)17)11(10)14-15-16/h3-8H2,1-2H3. The molecule has 0 saturated heterocycles. The topological polar surface area (TPSA) is 47.8 Å². The van der Waals surface area contributed by atoms with Crippen LogP contribution in [0.5, 0.6) is 0 Å². The minimum atomic E-state index is -1.93. The predicted octanol–water partition coefficient (Wildman–Crippen LogP) is 2.17. The number of nitrogens with zero attached hydrogens (tertiary/aromatic N) is 3. The van der Waals surface area contributed by atoms with E-state index in [1.165, 1.54) is 6.92 Å². The van der Waals surface area contributed by atoms with Crippen LogP contribution >= 0.6 is 0 Å². The Hall–Kier alpha value is -1.26. The van der Waals surface area contributed by atoms with Crippen molar-refractivity contribution in [3.63, 3.8) is 0 Å². The lowest BCUT2D eigenvalue weighted by molar-refractivity contribution is -0.129. The molecule has 0 spiro atoms. The van der Waals surface area contributed by atoms with Crippen LogP contribution in [0.25, 0.3) is 0 Å². The SMILES string of the molecule is CCn1nnc2c1CCCCCC2(F)C(C)=O. The maximum Gasteiger partial charge on any atom is 0.213 e. The molecule has 0 N–H and O–H groups in total. The van der Waals surface area contributed by atoms with Gasteiger partial charge < -0.3 is 0 Å². The van der Waals surface area contributed by atoms with Crippen LogP contribution in [-0.2, 0) is 23.4 Å². The van der Waals surface area contributed by atoms with E-state index in [9.17, 15) is 9.18 Å². The first-order valence-electron chi connectivity index (χ1n) is 6.22. The van der Waals surface area contributed by atoms with Crippen molar-refractivity contribution in [2.45, 2.75) is 58.2 Å². The van der Waals surface area contributed by atoms with Crippen molar-refractivity contribution in [3.05, 3.63) is 11.4 Å². The van der Waals surface area contributed by atoms with Crippen molar-refractivity contribution < 1.29 is 9.18 Å². The first-order chi connectivity index (χ1) is 8.09. The number of aryl methyl sites for hydroxylation is 1. The molecular weight excluding hydrogens is 221 g/mol. The highest BCUT2D eigenvalue weighted by molar-refractivity contribution is 5.86. The van der Waals surface area contributed by atoms with Gasteiger partial charge in [0.15, 0.2) is 5.78 Å². The number of fused-ring (bicyclic) bond motifs is 1. The van der Waals surface area contributed by atoms with Gasteiger partial charge in [-0.25, -0.2) is 9.07 Å². The maximum atomic E-state index is 14.8. The molecule has 1 unspecified atom stereocenters. The molecule has 1 atom stereocenters. The molecule has 4 nitrogen and oxygen atoms in total. The first-order valence-corrected chi connectivity index (χ1v) is 6.22. The van der Waals surface area contributed by atoms with Crippen LogP contribution in [0.4, 0.5) is 4.39 Å². The van der Waals surface area contributed by atoms with E-state index in [1.54, 1.807) is 4.68 Å². The van der Waals surface area contributed by atoms with Crippen molar-refractivity contribution in [2.75, 3.05) is 0 Å². The molecule has 0 bridgehead atoms. The minimum Gasteiger partial charge on any atom is -0.296 e. The van der Waals surface area contributed by atoms with Gasteiger partial charge >= 0.3 is 0 Å². The van der Waals surface area contributed by atoms with Gasteiger partial charge in [0.05, 0.1) is 5.69 Å². The van der Waals surface area contributed by atoms with E-state index in [0.29, 0.717) is 6.54 Å². The second-order valence-electron chi connectivity index (χ2n) is 4.62. The fourth-order valence-corrected chi connectivity index (χ4v) is 2.44. The van der Waals surface area contributed by atoms with E-state index in [0.717, 1.165) is 31.4 Å². The summed E-state index contributed by atoms with van der Waals surface area (Å²) in [6, 6.07) is 0. The lowest BCUT2D eigenvalue weighted by Crippen LogP contribution is -2.32. The van der Waals surface area contributed by atoms with E-state index < -0.39 is 11.5 Å². The van der Waals surface area contributed by atoms with Gasteiger partial charge in [0.1, 0.15) is 5.69 Å². The summed E-state index contributed by atoms with van der Waals surface area (Å²) in [6.07, 6.45) is 3.68. The van der Waals surface area contributed by atoms with Gasteiger partial charge in [0.25, 0.3) is 0 Å². The van der Waals surface area contributed by atoms with Gasteiger partial charge in [-0.15, -0.1) is 5.10 Å². The molecule has 0 amide bonds. The normalized spacial score (nSPS) is 24.9. The van der Waals surface area contributed by atoms with E-state index >= 15 is 0 Å². The predicted molar refractivity (Wildman–Crippen MR) is 61.3 cm³/mol. The fourth-order valence-electron chi connectivity index (χ4n) is 2.44. The maximum absolute atomic E-state index is 14.8. The molecule has 0 aliphatic heterocycles. The quantitative estimate of drug-likeness (QED) is 0.794. The fraction of sp³-hybridized carbons (Fsp3) is 0.750. The van der Waals surface area contributed by atoms with Crippen molar-refractivity contribution in [1.29, 1.82) is 0 Å². The number of carbonyl (C=O) groups excluding carboxylic acids is 1. The van der Waals surface area contributed by atoms with Crippen LogP contribution < -0.4 is 0 Å². The number of halogens is 1. The van der Waals surface area contributed by atoms with Crippen LogP contribution in [0, 0.1) is 0 Å². The summed E-state index contributed by atoms with van der Waals surface area (Å²) in [4.78, 5) is 11.6. The van der Waals surface area contributed by atoms with Gasteiger partial charge in [-0.1, -0.05) is 11.6 Å². The lowest BCUT2D eigenvalue weighted by atomic mass is 9.86. The highest BCUT2D eigenvalue weighted by Gasteiger charge is 2.42. The van der Waals surface area contributed by atoms with E-state index in [-0.39, 0.29) is 12.1 Å². The highest BCUT2D eigenvalue weighted by Crippen LogP contribution is 2.36.